The van der Waals surface area contributed by atoms with Crippen LogP contribution in [0, 0.1) is 0 Å². The second kappa shape index (κ2) is 6.09. The maximum absolute atomic E-state index is 6.10. The SMILES string of the molecule is CN(C)c1ccc(/C=C/c2c(Cl)cccc2Cl)cn1. The molecular formula is C15H14Cl2N2. The van der Waals surface area contributed by atoms with Crippen molar-refractivity contribution in [1.29, 1.82) is 0 Å². The van der Waals surface area contributed by atoms with Gasteiger partial charge in [0.25, 0.3) is 0 Å². The fourth-order valence-electron chi connectivity index (χ4n) is 1.61. The summed E-state index contributed by atoms with van der Waals surface area (Å²) in [6.45, 7) is 0. The Morgan fingerprint density at radius 2 is 1.68 bits per heavy atom. The summed E-state index contributed by atoms with van der Waals surface area (Å²) in [6.07, 6.45) is 5.66. The van der Waals surface area contributed by atoms with Gasteiger partial charge in [0.15, 0.2) is 0 Å². The van der Waals surface area contributed by atoms with Crippen LogP contribution < -0.4 is 4.90 Å². The highest BCUT2D eigenvalue weighted by molar-refractivity contribution is 6.37. The smallest absolute Gasteiger partial charge is 0.127 e. The van der Waals surface area contributed by atoms with Crippen LogP contribution in [-0.4, -0.2) is 19.1 Å². The molecule has 0 radical (unpaired) electrons. The van der Waals surface area contributed by atoms with Crippen LogP contribution in [0.1, 0.15) is 11.1 Å². The van der Waals surface area contributed by atoms with Crippen LogP contribution in [-0.2, 0) is 0 Å². The Balaban J connectivity index is 2.23. The Morgan fingerprint density at radius 1 is 1.00 bits per heavy atom. The second-order valence-electron chi connectivity index (χ2n) is 4.31. The van der Waals surface area contributed by atoms with Crippen molar-refractivity contribution in [2.45, 2.75) is 0 Å². The minimum atomic E-state index is 0.640. The summed E-state index contributed by atoms with van der Waals surface area (Å²) in [5, 5.41) is 1.28. The quantitative estimate of drug-likeness (QED) is 0.820. The van der Waals surface area contributed by atoms with E-state index >= 15 is 0 Å². The molecule has 0 amide bonds. The van der Waals surface area contributed by atoms with Crippen molar-refractivity contribution >= 4 is 41.2 Å². The first-order valence-corrected chi connectivity index (χ1v) is 6.59. The van der Waals surface area contributed by atoms with Crippen molar-refractivity contribution in [1.82, 2.24) is 4.98 Å². The van der Waals surface area contributed by atoms with Gasteiger partial charge in [-0.1, -0.05) is 41.4 Å². The Labute approximate surface area is 123 Å². The van der Waals surface area contributed by atoms with Crippen LogP contribution >= 0.6 is 23.2 Å². The lowest BCUT2D eigenvalue weighted by Crippen LogP contribution is -2.09. The van der Waals surface area contributed by atoms with Crippen molar-refractivity contribution in [2.24, 2.45) is 0 Å². The van der Waals surface area contributed by atoms with Gasteiger partial charge in [-0.15, -0.1) is 0 Å². The number of hydrogen-bond acceptors (Lipinski definition) is 2. The summed E-state index contributed by atoms with van der Waals surface area (Å²) in [5.74, 6) is 0.924. The van der Waals surface area contributed by atoms with Crippen LogP contribution in [0.2, 0.25) is 10.0 Å². The van der Waals surface area contributed by atoms with E-state index in [1.165, 1.54) is 0 Å². The molecule has 1 aromatic heterocycles. The zero-order valence-corrected chi connectivity index (χ0v) is 12.3. The van der Waals surface area contributed by atoms with Gasteiger partial charge in [0.2, 0.25) is 0 Å². The van der Waals surface area contributed by atoms with E-state index in [1.807, 2.05) is 67.7 Å². The number of anilines is 1. The molecule has 0 spiro atoms. The summed E-state index contributed by atoms with van der Waals surface area (Å²) in [4.78, 5) is 6.30. The molecule has 0 saturated heterocycles. The van der Waals surface area contributed by atoms with Crippen molar-refractivity contribution in [3.8, 4) is 0 Å². The summed E-state index contributed by atoms with van der Waals surface area (Å²) < 4.78 is 0. The number of pyridine rings is 1. The van der Waals surface area contributed by atoms with Crippen LogP contribution in [0.15, 0.2) is 36.5 Å². The maximum Gasteiger partial charge on any atom is 0.127 e. The topological polar surface area (TPSA) is 16.1 Å². The van der Waals surface area contributed by atoms with Crippen LogP contribution in [0.5, 0.6) is 0 Å². The number of hydrogen-bond donors (Lipinski definition) is 0. The Bertz CT molecular complexity index is 569. The van der Waals surface area contributed by atoms with Gasteiger partial charge in [-0.3, -0.25) is 0 Å². The third kappa shape index (κ3) is 3.49. The molecule has 0 aliphatic carbocycles. The van der Waals surface area contributed by atoms with E-state index in [0.29, 0.717) is 10.0 Å². The minimum absolute atomic E-state index is 0.640. The predicted molar refractivity (Wildman–Crippen MR) is 84.0 cm³/mol. The minimum Gasteiger partial charge on any atom is -0.363 e. The first-order valence-electron chi connectivity index (χ1n) is 5.83. The van der Waals surface area contributed by atoms with Crippen molar-refractivity contribution < 1.29 is 0 Å². The Kier molecular flexibility index (Phi) is 4.46. The van der Waals surface area contributed by atoms with Gasteiger partial charge in [0.1, 0.15) is 5.82 Å². The lowest BCUT2D eigenvalue weighted by molar-refractivity contribution is 1.07. The first-order chi connectivity index (χ1) is 9.08. The fraction of sp³-hybridized carbons (Fsp3) is 0.133. The second-order valence-corrected chi connectivity index (χ2v) is 5.13. The number of benzene rings is 1. The van der Waals surface area contributed by atoms with Crippen molar-refractivity contribution in [3.63, 3.8) is 0 Å². The molecule has 2 rings (SSSR count). The monoisotopic (exact) mass is 292 g/mol. The number of halogens is 2. The van der Waals surface area contributed by atoms with Crippen molar-refractivity contribution in [2.75, 3.05) is 19.0 Å². The molecule has 1 heterocycles. The van der Waals surface area contributed by atoms with E-state index in [4.69, 9.17) is 23.2 Å². The van der Waals surface area contributed by atoms with Crippen molar-refractivity contribution in [3.05, 3.63) is 57.7 Å². The molecule has 0 fully saturated rings. The molecule has 0 saturated carbocycles. The highest BCUT2D eigenvalue weighted by Crippen LogP contribution is 2.26. The summed E-state index contributed by atoms with van der Waals surface area (Å²) in [6, 6.07) is 9.44. The highest BCUT2D eigenvalue weighted by atomic mass is 35.5. The van der Waals surface area contributed by atoms with Gasteiger partial charge in [0, 0.05) is 35.9 Å². The van der Waals surface area contributed by atoms with Gasteiger partial charge >= 0.3 is 0 Å². The average molecular weight is 293 g/mol. The molecule has 4 heteroatoms. The van der Waals surface area contributed by atoms with E-state index in [2.05, 4.69) is 4.98 Å². The highest BCUT2D eigenvalue weighted by Gasteiger charge is 2.01. The normalized spacial score (nSPS) is 10.9. The lowest BCUT2D eigenvalue weighted by Gasteiger charge is -2.10. The molecule has 0 N–H and O–H groups in total. The van der Waals surface area contributed by atoms with Gasteiger partial charge in [-0.25, -0.2) is 4.98 Å². The molecule has 2 nitrogen and oxygen atoms in total. The fourth-order valence-corrected chi connectivity index (χ4v) is 2.13. The molecule has 98 valence electrons. The molecule has 2 aromatic rings. The largest absolute Gasteiger partial charge is 0.363 e. The van der Waals surface area contributed by atoms with E-state index < -0.39 is 0 Å². The summed E-state index contributed by atoms with van der Waals surface area (Å²) in [5.41, 5.74) is 1.82. The van der Waals surface area contributed by atoms with E-state index in [9.17, 15) is 0 Å². The molecule has 0 aliphatic heterocycles. The zero-order valence-electron chi connectivity index (χ0n) is 10.8. The van der Waals surface area contributed by atoms with E-state index in [0.717, 1.165) is 16.9 Å². The zero-order chi connectivity index (χ0) is 13.8. The van der Waals surface area contributed by atoms with Gasteiger partial charge in [0.05, 0.1) is 0 Å². The summed E-state index contributed by atoms with van der Waals surface area (Å²) in [7, 11) is 3.92. The number of rotatable bonds is 3. The molecule has 19 heavy (non-hydrogen) atoms. The van der Waals surface area contributed by atoms with Gasteiger partial charge in [-0.05, 0) is 29.8 Å². The summed E-state index contributed by atoms with van der Waals surface area (Å²) >= 11 is 12.2. The Hall–Kier alpha value is -1.51. The third-order valence-electron chi connectivity index (χ3n) is 2.67. The lowest BCUT2D eigenvalue weighted by atomic mass is 10.1. The van der Waals surface area contributed by atoms with Gasteiger partial charge in [-0.2, -0.15) is 0 Å². The molecule has 0 atom stereocenters. The van der Waals surface area contributed by atoms with Crippen LogP contribution in [0.25, 0.3) is 12.2 Å². The van der Waals surface area contributed by atoms with E-state index in [-0.39, 0.29) is 0 Å². The van der Waals surface area contributed by atoms with Crippen LogP contribution in [0.4, 0.5) is 5.82 Å². The molecule has 0 unspecified atom stereocenters. The average Bonchev–Trinajstić information content (AvgIpc) is 2.38. The molecule has 0 aliphatic rings. The maximum atomic E-state index is 6.10. The molecule has 1 aromatic carbocycles. The predicted octanol–water partition coefficient (Wildman–Crippen LogP) is 4.62. The molecular weight excluding hydrogens is 279 g/mol. The first kappa shape index (κ1) is 13.9. The molecule has 0 bridgehead atoms. The van der Waals surface area contributed by atoms with E-state index in [1.54, 1.807) is 0 Å². The number of nitrogens with zero attached hydrogens (tertiary/aromatic N) is 2. The van der Waals surface area contributed by atoms with Gasteiger partial charge < -0.3 is 4.90 Å². The number of aromatic nitrogens is 1. The Morgan fingerprint density at radius 3 is 2.21 bits per heavy atom. The standard InChI is InChI=1S/C15H14Cl2N2/c1-19(2)15-9-7-11(10-18-15)6-8-12-13(16)4-3-5-14(12)17/h3-10H,1-2H3/b8-6+. The van der Waals surface area contributed by atoms with Crippen LogP contribution in [0.3, 0.4) is 0 Å². The third-order valence-corrected chi connectivity index (χ3v) is 3.33.